The van der Waals surface area contributed by atoms with Crippen molar-refractivity contribution in [3.05, 3.63) is 29.3 Å². The smallest absolute Gasteiger partial charge is 0.382 e. The molecule has 0 bridgehead atoms. The van der Waals surface area contributed by atoms with Crippen LogP contribution in [0.15, 0.2) is 12.1 Å². The Balaban J connectivity index is 3.19. The standard InChI is InChI=1S/C9H4FNO3/c10-8-3-1-6(5-12)7(11-8)2-4-9(13)14/h1,3,5H,(H,13,14). The van der Waals surface area contributed by atoms with Gasteiger partial charge in [0.15, 0.2) is 6.29 Å². The van der Waals surface area contributed by atoms with Crippen LogP contribution in [0, 0.1) is 17.8 Å². The van der Waals surface area contributed by atoms with Crippen molar-refractivity contribution in [1.29, 1.82) is 0 Å². The topological polar surface area (TPSA) is 67.3 Å². The molecule has 1 rings (SSSR count). The summed E-state index contributed by atoms with van der Waals surface area (Å²) >= 11 is 0. The fourth-order valence-corrected chi connectivity index (χ4v) is 0.754. The van der Waals surface area contributed by atoms with Crippen LogP contribution < -0.4 is 0 Å². The van der Waals surface area contributed by atoms with E-state index in [1.807, 2.05) is 0 Å². The van der Waals surface area contributed by atoms with Gasteiger partial charge in [-0.25, -0.2) is 9.78 Å². The Kier molecular flexibility index (Phi) is 2.92. The monoisotopic (exact) mass is 193 g/mol. The molecule has 0 amide bonds. The molecule has 1 aromatic heterocycles. The van der Waals surface area contributed by atoms with Crippen molar-refractivity contribution in [3.8, 4) is 11.8 Å². The van der Waals surface area contributed by atoms with Crippen LogP contribution in [0.25, 0.3) is 0 Å². The van der Waals surface area contributed by atoms with Gasteiger partial charge in [-0.3, -0.25) is 4.79 Å². The summed E-state index contributed by atoms with van der Waals surface area (Å²) in [7, 11) is 0. The Labute approximate surface area is 78.4 Å². The first kappa shape index (κ1) is 9.86. The lowest BCUT2D eigenvalue weighted by Gasteiger charge is -1.93. The molecule has 0 unspecified atom stereocenters. The Morgan fingerprint density at radius 1 is 1.57 bits per heavy atom. The SMILES string of the molecule is O=Cc1ccc(F)nc1C#CC(=O)O. The number of carboxylic acid groups (broad SMARTS) is 1. The highest BCUT2D eigenvalue weighted by molar-refractivity contribution is 5.88. The third kappa shape index (κ3) is 2.38. The van der Waals surface area contributed by atoms with E-state index in [0.29, 0.717) is 6.29 Å². The Morgan fingerprint density at radius 3 is 2.86 bits per heavy atom. The molecule has 14 heavy (non-hydrogen) atoms. The maximum absolute atomic E-state index is 12.6. The zero-order chi connectivity index (χ0) is 10.6. The van der Waals surface area contributed by atoms with E-state index in [-0.39, 0.29) is 11.3 Å². The van der Waals surface area contributed by atoms with Crippen molar-refractivity contribution in [2.75, 3.05) is 0 Å². The Bertz CT molecular complexity index is 445. The molecule has 0 saturated heterocycles. The Morgan fingerprint density at radius 2 is 2.29 bits per heavy atom. The summed E-state index contributed by atoms with van der Waals surface area (Å²) in [5.41, 5.74) is -0.123. The second-order valence-electron chi connectivity index (χ2n) is 2.24. The molecular formula is C9H4FNO3. The maximum Gasteiger partial charge on any atom is 0.382 e. The van der Waals surface area contributed by atoms with E-state index < -0.39 is 11.9 Å². The average Bonchev–Trinajstić information content (AvgIpc) is 2.15. The fraction of sp³-hybridized carbons (Fsp3) is 0. The van der Waals surface area contributed by atoms with Crippen LogP contribution in [0.5, 0.6) is 0 Å². The molecule has 70 valence electrons. The highest BCUT2D eigenvalue weighted by Gasteiger charge is 2.02. The van der Waals surface area contributed by atoms with Gasteiger partial charge in [-0.2, -0.15) is 4.39 Å². The van der Waals surface area contributed by atoms with Gasteiger partial charge >= 0.3 is 5.97 Å². The molecular weight excluding hydrogens is 189 g/mol. The average molecular weight is 193 g/mol. The first-order chi connectivity index (χ1) is 6.63. The molecule has 1 heterocycles. The van der Waals surface area contributed by atoms with Crippen LogP contribution in [-0.2, 0) is 4.79 Å². The van der Waals surface area contributed by atoms with Crippen LogP contribution in [0.2, 0.25) is 0 Å². The third-order valence-corrected chi connectivity index (χ3v) is 1.31. The highest BCUT2D eigenvalue weighted by atomic mass is 19.1. The van der Waals surface area contributed by atoms with E-state index in [2.05, 4.69) is 10.9 Å². The van der Waals surface area contributed by atoms with Crippen LogP contribution in [0.4, 0.5) is 4.39 Å². The van der Waals surface area contributed by atoms with Crippen molar-refractivity contribution in [2.24, 2.45) is 0 Å². The number of hydrogen-bond donors (Lipinski definition) is 1. The molecule has 4 nitrogen and oxygen atoms in total. The number of aromatic nitrogens is 1. The predicted octanol–water partition coefficient (Wildman–Crippen LogP) is 0.469. The second-order valence-corrected chi connectivity index (χ2v) is 2.24. The minimum Gasteiger partial charge on any atom is -0.472 e. The van der Waals surface area contributed by atoms with Gasteiger partial charge in [0, 0.05) is 11.5 Å². The molecule has 0 saturated carbocycles. The van der Waals surface area contributed by atoms with Crippen molar-refractivity contribution in [2.45, 2.75) is 0 Å². The first-order valence-corrected chi connectivity index (χ1v) is 3.50. The van der Waals surface area contributed by atoms with E-state index >= 15 is 0 Å². The van der Waals surface area contributed by atoms with Crippen LogP contribution in [0.3, 0.4) is 0 Å². The number of carbonyl (C=O) groups excluding carboxylic acids is 1. The zero-order valence-corrected chi connectivity index (χ0v) is 6.82. The van der Waals surface area contributed by atoms with Crippen molar-refractivity contribution < 1.29 is 19.1 Å². The lowest BCUT2D eigenvalue weighted by atomic mass is 10.2. The van der Waals surface area contributed by atoms with Gasteiger partial charge in [0.2, 0.25) is 5.95 Å². The summed E-state index contributed by atoms with van der Waals surface area (Å²) in [4.78, 5) is 23.8. The molecule has 0 aliphatic carbocycles. The van der Waals surface area contributed by atoms with Gasteiger partial charge in [0.05, 0.1) is 0 Å². The molecule has 0 aliphatic heterocycles. The predicted molar refractivity (Wildman–Crippen MR) is 44.1 cm³/mol. The van der Waals surface area contributed by atoms with E-state index in [9.17, 15) is 14.0 Å². The maximum atomic E-state index is 12.6. The van der Waals surface area contributed by atoms with Gasteiger partial charge < -0.3 is 5.11 Å². The normalized spacial score (nSPS) is 8.64. The molecule has 0 radical (unpaired) electrons. The number of halogens is 1. The number of rotatable bonds is 1. The van der Waals surface area contributed by atoms with Gasteiger partial charge in [-0.05, 0) is 18.1 Å². The van der Waals surface area contributed by atoms with E-state index in [1.165, 1.54) is 6.07 Å². The van der Waals surface area contributed by atoms with Gasteiger partial charge in [0.1, 0.15) is 5.69 Å². The highest BCUT2D eigenvalue weighted by Crippen LogP contribution is 2.02. The van der Waals surface area contributed by atoms with Crippen LogP contribution in [-0.4, -0.2) is 22.3 Å². The summed E-state index contributed by atoms with van der Waals surface area (Å²) in [6, 6.07) is 2.18. The fourth-order valence-electron chi connectivity index (χ4n) is 0.754. The first-order valence-electron chi connectivity index (χ1n) is 3.50. The quantitative estimate of drug-likeness (QED) is 0.400. The van der Waals surface area contributed by atoms with Gasteiger partial charge in [-0.1, -0.05) is 0 Å². The summed E-state index contributed by atoms with van der Waals surface area (Å²) in [6.45, 7) is 0. The number of carbonyl (C=O) groups is 2. The lowest BCUT2D eigenvalue weighted by molar-refractivity contribution is -0.130. The van der Waals surface area contributed by atoms with E-state index in [0.717, 1.165) is 6.07 Å². The molecule has 0 aromatic carbocycles. The minimum atomic E-state index is -1.37. The zero-order valence-electron chi connectivity index (χ0n) is 6.82. The Hall–Kier alpha value is -2.22. The van der Waals surface area contributed by atoms with Crippen molar-refractivity contribution in [1.82, 2.24) is 4.98 Å². The summed E-state index contributed by atoms with van der Waals surface area (Å²) in [6.07, 6.45) is 0.429. The van der Waals surface area contributed by atoms with Crippen LogP contribution >= 0.6 is 0 Å². The summed E-state index contributed by atoms with van der Waals surface area (Å²) in [5.74, 6) is 1.63. The molecule has 0 fully saturated rings. The minimum absolute atomic E-state index is 0.0557. The second kappa shape index (κ2) is 4.14. The molecule has 1 N–H and O–H groups in total. The molecule has 0 atom stereocenters. The van der Waals surface area contributed by atoms with Crippen LogP contribution in [0.1, 0.15) is 16.1 Å². The largest absolute Gasteiger partial charge is 0.472 e. The number of aliphatic carboxylic acids is 1. The number of carboxylic acids is 1. The summed E-state index contributed by atoms with van der Waals surface area (Å²) in [5, 5.41) is 8.22. The van der Waals surface area contributed by atoms with Gasteiger partial charge in [0.25, 0.3) is 0 Å². The number of aldehydes is 1. The molecule has 1 aromatic rings. The van der Waals surface area contributed by atoms with E-state index in [4.69, 9.17) is 5.11 Å². The molecule has 5 heteroatoms. The lowest BCUT2D eigenvalue weighted by Crippen LogP contribution is -1.96. The molecule has 0 spiro atoms. The molecule has 0 aliphatic rings. The summed E-state index contributed by atoms with van der Waals surface area (Å²) < 4.78 is 12.6. The van der Waals surface area contributed by atoms with Gasteiger partial charge in [-0.15, -0.1) is 0 Å². The van der Waals surface area contributed by atoms with E-state index in [1.54, 1.807) is 5.92 Å². The number of nitrogens with zero attached hydrogens (tertiary/aromatic N) is 1. The van der Waals surface area contributed by atoms with Crippen molar-refractivity contribution >= 4 is 12.3 Å². The third-order valence-electron chi connectivity index (χ3n) is 1.31. The number of pyridine rings is 1. The number of hydrogen-bond acceptors (Lipinski definition) is 3. The van der Waals surface area contributed by atoms with Crippen molar-refractivity contribution in [3.63, 3.8) is 0 Å².